The van der Waals surface area contributed by atoms with Crippen molar-refractivity contribution in [1.82, 2.24) is 16.2 Å². The Kier molecular flexibility index (Phi) is 5.59. The maximum Gasteiger partial charge on any atom is 0.327 e. The van der Waals surface area contributed by atoms with E-state index in [0.717, 1.165) is 12.8 Å². The van der Waals surface area contributed by atoms with Crippen molar-refractivity contribution in [3.05, 3.63) is 60.2 Å². The zero-order valence-corrected chi connectivity index (χ0v) is 15.5. The van der Waals surface area contributed by atoms with Crippen molar-refractivity contribution in [1.29, 1.82) is 0 Å². The number of hydrazine groups is 1. The second kappa shape index (κ2) is 8.09. The minimum atomic E-state index is -3.80. The van der Waals surface area contributed by atoms with Crippen LogP contribution in [0, 0.1) is 0 Å². The molecule has 0 atom stereocenters. The van der Waals surface area contributed by atoms with E-state index in [4.69, 9.17) is 0 Å². The molecule has 2 aromatic rings. The van der Waals surface area contributed by atoms with Crippen LogP contribution in [0.4, 0.5) is 5.69 Å². The van der Waals surface area contributed by atoms with Crippen molar-refractivity contribution in [2.45, 2.75) is 23.8 Å². The summed E-state index contributed by atoms with van der Waals surface area (Å²) in [5.74, 6) is -2.49. The molecule has 10 heteroatoms. The van der Waals surface area contributed by atoms with Crippen molar-refractivity contribution in [3.63, 3.8) is 0 Å². The Bertz CT molecular complexity index is 986. The maximum absolute atomic E-state index is 12.4. The molecule has 4 N–H and O–H groups in total. The van der Waals surface area contributed by atoms with Gasteiger partial charge in [-0.3, -0.25) is 30.0 Å². The van der Waals surface area contributed by atoms with Gasteiger partial charge in [0.15, 0.2) is 0 Å². The topological polar surface area (TPSA) is 133 Å². The van der Waals surface area contributed by atoms with E-state index in [1.54, 1.807) is 30.3 Å². The van der Waals surface area contributed by atoms with Gasteiger partial charge in [-0.15, -0.1) is 0 Å². The highest BCUT2D eigenvalue weighted by Crippen LogP contribution is 2.18. The van der Waals surface area contributed by atoms with E-state index in [1.807, 2.05) is 5.43 Å². The van der Waals surface area contributed by atoms with Gasteiger partial charge in [0, 0.05) is 17.3 Å². The molecule has 0 saturated heterocycles. The zero-order chi connectivity index (χ0) is 20.1. The molecule has 0 heterocycles. The molecule has 2 aromatic carbocycles. The Labute approximate surface area is 161 Å². The van der Waals surface area contributed by atoms with Gasteiger partial charge in [-0.1, -0.05) is 18.2 Å². The second-order valence-corrected chi connectivity index (χ2v) is 7.83. The Balaban J connectivity index is 1.57. The van der Waals surface area contributed by atoms with Crippen molar-refractivity contribution >= 4 is 33.4 Å². The molecule has 0 bridgehead atoms. The number of carbonyl (C=O) groups excluding carboxylic acids is 3. The molecule has 0 unspecified atom stereocenters. The van der Waals surface area contributed by atoms with E-state index in [2.05, 4.69) is 15.5 Å². The molecule has 1 aliphatic carbocycles. The number of carbonyl (C=O) groups is 3. The number of anilines is 1. The molecule has 3 rings (SSSR count). The average Bonchev–Trinajstić information content (AvgIpc) is 3.50. The lowest BCUT2D eigenvalue weighted by atomic mass is 10.2. The number of benzene rings is 2. The fourth-order valence-electron chi connectivity index (χ4n) is 2.23. The maximum atomic E-state index is 12.4. The number of rotatable bonds is 5. The first-order chi connectivity index (χ1) is 13.3. The fraction of sp³-hybridized carbons (Fsp3) is 0.167. The van der Waals surface area contributed by atoms with Gasteiger partial charge < -0.3 is 5.32 Å². The number of hydrogen-bond donors (Lipinski definition) is 4. The molecule has 0 radical (unpaired) electrons. The van der Waals surface area contributed by atoms with Crippen molar-refractivity contribution in [3.8, 4) is 0 Å². The molecule has 28 heavy (non-hydrogen) atoms. The monoisotopic (exact) mass is 402 g/mol. The number of hydrogen-bond acceptors (Lipinski definition) is 5. The number of sulfonamides is 1. The van der Waals surface area contributed by atoms with Crippen LogP contribution in [0.1, 0.15) is 23.2 Å². The summed E-state index contributed by atoms with van der Waals surface area (Å²) in [5, 5.41) is 2.49. The van der Waals surface area contributed by atoms with Gasteiger partial charge in [0.05, 0.1) is 4.90 Å². The second-order valence-electron chi connectivity index (χ2n) is 6.15. The van der Waals surface area contributed by atoms with Crippen LogP contribution in [0.25, 0.3) is 0 Å². The summed E-state index contributed by atoms with van der Waals surface area (Å²) in [6.45, 7) is 0. The van der Waals surface area contributed by atoms with Crippen LogP contribution in [0.5, 0.6) is 0 Å². The largest absolute Gasteiger partial charge is 0.345 e. The molecular formula is C18H18N4O5S. The fourth-order valence-corrected chi connectivity index (χ4v) is 3.29. The van der Waals surface area contributed by atoms with Crippen LogP contribution in [-0.4, -0.2) is 32.2 Å². The molecule has 1 saturated carbocycles. The summed E-state index contributed by atoms with van der Waals surface area (Å²) in [7, 11) is -3.80. The van der Waals surface area contributed by atoms with Crippen molar-refractivity contribution in [2.24, 2.45) is 0 Å². The van der Waals surface area contributed by atoms with Crippen LogP contribution >= 0.6 is 0 Å². The third-order valence-electron chi connectivity index (χ3n) is 3.86. The molecule has 9 nitrogen and oxygen atoms in total. The van der Waals surface area contributed by atoms with Crippen molar-refractivity contribution < 1.29 is 22.8 Å². The summed E-state index contributed by atoms with van der Waals surface area (Å²) in [6, 6.07) is 13.5. The lowest BCUT2D eigenvalue weighted by Gasteiger charge is -2.09. The number of amides is 3. The lowest BCUT2D eigenvalue weighted by molar-refractivity contribution is -0.139. The van der Waals surface area contributed by atoms with Gasteiger partial charge >= 0.3 is 11.8 Å². The van der Waals surface area contributed by atoms with Crippen molar-refractivity contribution in [2.75, 3.05) is 4.72 Å². The minimum absolute atomic E-state index is 0.0212. The first-order valence-corrected chi connectivity index (χ1v) is 9.92. The highest BCUT2D eigenvalue weighted by Gasteiger charge is 2.26. The summed E-state index contributed by atoms with van der Waals surface area (Å²) in [5.41, 5.74) is 4.64. The van der Waals surface area contributed by atoms with Crippen LogP contribution < -0.4 is 20.9 Å². The van der Waals surface area contributed by atoms with E-state index >= 15 is 0 Å². The highest BCUT2D eigenvalue weighted by atomic mass is 32.2. The molecule has 0 aromatic heterocycles. The lowest BCUT2D eigenvalue weighted by Crippen LogP contribution is -2.48. The van der Waals surface area contributed by atoms with Gasteiger partial charge in [0.1, 0.15) is 0 Å². The Morgan fingerprint density at radius 3 is 2.07 bits per heavy atom. The summed E-state index contributed by atoms with van der Waals surface area (Å²) in [6.07, 6.45) is 1.67. The molecule has 3 amide bonds. The normalized spacial score (nSPS) is 13.3. The Morgan fingerprint density at radius 1 is 0.821 bits per heavy atom. The zero-order valence-electron chi connectivity index (χ0n) is 14.6. The van der Waals surface area contributed by atoms with Gasteiger partial charge in [-0.25, -0.2) is 8.42 Å². The smallest absolute Gasteiger partial charge is 0.327 e. The number of nitrogens with one attached hydrogen (secondary N) is 4. The molecule has 146 valence electrons. The molecule has 0 spiro atoms. The van der Waals surface area contributed by atoms with E-state index in [-0.39, 0.29) is 16.5 Å². The first kappa shape index (κ1) is 19.4. The quantitative estimate of drug-likeness (QED) is 0.428. The summed E-state index contributed by atoms with van der Waals surface area (Å²) in [4.78, 5) is 35.1. The van der Waals surface area contributed by atoms with Crippen LogP contribution in [0.3, 0.4) is 0 Å². The van der Waals surface area contributed by atoms with Gasteiger partial charge in [0.25, 0.3) is 15.9 Å². The standard InChI is InChI=1S/C18H18N4O5S/c23-16(20-21-18(25)17(24)19-13-8-9-13)12-6-10-15(11-7-12)28(26,27)22-14-4-2-1-3-5-14/h1-7,10-11,13,22H,8-9H2,(H,19,24)(H,20,23)(H,21,25). The predicted molar refractivity (Wildman–Crippen MR) is 100 cm³/mol. The Hall–Kier alpha value is -3.40. The van der Waals surface area contributed by atoms with Crippen LogP contribution in [-0.2, 0) is 19.6 Å². The molecule has 0 aliphatic heterocycles. The Morgan fingerprint density at radius 2 is 1.46 bits per heavy atom. The first-order valence-electron chi connectivity index (χ1n) is 8.44. The molecule has 1 aliphatic rings. The third kappa shape index (κ3) is 5.07. The van der Waals surface area contributed by atoms with Crippen LogP contribution in [0.2, 0.25) is 0 Å². The molecule has 1 fully saturated rings. The van der Waals surface area contributed by atoms with E-state index in [1.165, 1.54) is 24.3 Å². The molecular weight excluding hydrogens is 384 g/mol. The SMILES string of the molecule is O=C(NNC(=O)c1ccc(S(=O)(=O)Nc2ccccc2)cc1)C(=O)NC1CC1. The third-order valence-corrected chi connectivity index (χ3v) is 5.26. The van der Waals surface area contributed by atoms with Crippen LogP contribution in [0.15, 0.2) is 59.5 Å². The minimum Gasteiger partial charge on any atom is -0.345 e. The summed E-state index contributed by atoms with van der Waals surface area (Å²) < 4.78 is 27.1. The van der Waals surface area contributed by atoms with E-state index in [9.17, 15) is 22.8 Å². The predicted octanol–water partition coefficient (Wildman–Crippen LogP) is 0.527. The van der Waals surface area contributed by atoms with Gasteiger partial charge in [0.2, 0.25) is 0 Å². The van der Waals surface area contributed by atoms with Gasteiger partial charge in [-0.2, -0.15) is 0 Å². The van der Waals surface area contributed by atoms with E-state index in [0.29, 0.717) is 5.69 Å². The van der Waals surface area contributed by atoms with Gasteiger partial charge in [-0.05, 0) is 49.2 Å². The number of para-hydroxylation sites is 1. The highest BCUT2D eigenvalue weighted by molar-refractivity contribution is 7.92. The summed E-state index contributed by atoms with van der Waals surface area (Å²) >= 11 is 0. The van der Waals surface area contributed by atoms with E-state index < -0.39 is 27.7 Å². The average molecular weight is 402 g/mol.